The largest absolute Gasteiger partial charge is 0.456 e. The van der Waals surface area contributed by atoms with E-state index in [9.17, 15) is 9.59 Å². The molecule has 0 atom stereocenters. The summed E-state index contributed by atoms with van der Waals surface area (Å²) in [5.74, 6) is -0.723. The molecule has 0 unspecified atom stereocenters. The van der Waals surface area contributed by atoms with Crippen LogP contribution in [0, 0.1) is 0 Å². The average Bonchev–Trinajstić information content (AvgIpc) is 2.07. The summed E-state index contributed by atoms with van der Waals surface area (Å²) >= 11 is 0. The molecule has 1 amide bonds. The molecule has 0 aliphatic heterocycles. The van der Waals surface area contributed by atoms with Crippen LogP contribution in [0.4, 0.5) is 0 Å². The number of amides is 1. The van der Waals surface area contributed by atoms with Crippen LogP contribution in [0.25, 0.3) is 0 Å². The number of carbonyl (C=O) groups is 2. The molecule has 0 saturated heterocycles. The molecule has 0 aromatic heterocycles. The first-order chi connectivity index (χ1) is 6.81. The van der Waals surface area contributed by atoms with E-state index in [4.69, 9.17) is 0 Å². The molecular weight excluding hydrogens is 196 g/mol. The molecule has 0 spiro atoms. The molecule has 0 aromatic carbocycles. The van der Waals surface area contributed by atoms with Crippen molar-refractivity contribution < 1.29 is 14.3 Å². The summed E-state index contributed by atoms with van der Waals surface area (Å²) in [6.07, 6.45) is 0. The predicted molar refractivity (Wildman–Crippen MR) is 57.4 cm³/mol. The van der Waals surface area contributed by atoms with E-state index < -0.39 is 5.97 Å². The monoisotopic (exact) mass is 216 g/mol. The van der Waals surface area contributed by atoms with E-state index in [1.54, 1.807) is 0 Å². The van der Waals surface area contributed by atoms with Gasteiger partial charge in [-0.3, -0.25) is 9.59 Å². The van der Waals surface area contributed by atoms with Crippen molar-refractivity contribution in [3.8, 4) is 0 Å². The molecule has 88 valence electrons. The molecular formula is C10H20N2O3. The van der Waals surface area contributed by atoms with Crippen molar-refractivity contribution in [2.75, 3.05) is 19.7 Å². The van der Waals surface area contributed by atoms with Gasteiger partial charge in [0.2, 0.25) is 0 Å². The topological polar surface area (TPSA) is 67.4 Å². The molecule has 5 nitrogen and oxygen atoms in total. The van der Waals surface area contributed by atoms with Crippen molar-refractivity contribution >= 4 is 11.9 Å². The number of esters is 1. The minimum Gasteiger partial charge on any atom is -0.456 e. The Labute approximate surface area is 90.6 Å². The van der Waals surface area contributed by atoms with Gasteiger partial charge in [0.25, 0.3) is 5.91 Å². The van der Waals surface area contributed by atoms with Crippen molar-refractivity contribution in [3.63, 3.8) is 0 Å². The Morgan fingerprint density at radius 3 is 2.27 bits per heavy atom. The zero-order chi connectivity index (χ0) is 11.9. The van der Waals surface area contributed by atoms with Crippen LogP contribution < -0.4 is 10.6 Å². The summed E-state index contributed by atoms with van der Waals surface area (Å²) in [4.78, 5) is 21.5. The Kier molecular flexibility index (Phi) is 5.93. The van der Waals surface area contributed by atoms with Gasteiger partial charge < -0.3 is 15.4 Å². The van der Waals surface area contributed by atoms with E-state index in [1.165, 1.54) is 6.92 Å². The van der Waals surface area contributed by atoms with Gasteiger partial charge in [0, 0.05) is 25.6 Å². The van der Waals surface area contributed by atoms with Crippen LogP contribution in [-0.2, 0) is 14.3 Å². The lowest BCUT2D eigenvalue weighted by molar-refractivity contribution is -0.146. The molecule has 0 rings (SSSR count). The summed E-state index contributed by atoms with van der Waals surface area (Å²) in [6, 6.07) is 0. The van der Waals surface area contributed by atoms with Gasteiger partial charge in [-0.05, 0) is 20.8 Å². The molecule has 0 radical (unpaired) electrons. The van der Waals surface area contributed by atoms with Crippen LogP contribution in [0.15, 0.2) is 0 Å². The third-order valence-corrected chi connectivity index (χ3v) is 1.51. The minimum absolute atomic E-state index is 0.0423. The van der Waals surface area contributed by atoms with Crippen molar-refractivity contribution in [1.82, 2.24) is 10.6 Å². The van der Waals surface area contributed by atoms with Crippen molar-refractivity contribution in [3.05, 3.63) is 0 Å². The average molecular weight is 216 g/mol. The fourth-order valence-electron chi connectivity index (χ4n) is 0.858. The predicted octanol–water partition coefficient (Wildman–Crippen LogP) is 0.0538. The highest BCUT2D eigenvalue weighted by Gasteiger charge is 2.08. The SMILES string of the molecule is CC(=O)OCC(=O)NCCNC(C)(C)C. The van der Waals surface area contributed by atoms with Crippen LogP contribution in [-0.4, -0.2) is 37.1 Å². The molecule has 15 heavy (non-hydrogen) atoms. The molecule has 5 heteroatoms. The summed E-state index contributed by atoms with van der Waals surface area (Å²) in [5.41, 5.74) is 0.0423. The van der Waals surface area contributed by atoms with Gasteiger partial charge in [-0.1, -0.05) is 0 Å². The smallest absolute Gasteiger partial charge is 0.303 e. The molecule has 0 saturated carbocycles. The Balaban J connectivity index is 3.44. The van der Waals surface area contributed by atoms with Gasteiger partial charge in [0.05, 0.1) is 0 Å². The van der Waals surface area contributed by atoms with E-state index in [0.717, 1.165) is 0 Å². The third kappa shape index (κ3) is 10.8. The van der Waals surface area contributed by atoms with Crippen LogP contribution in [0.3, 0.4) is 0 Å². The number of hydrogen-bond donors (Lipinski definition) is 2. The highest BCUT2D eigenvalue weighted by Crippen LogP contribution is 1.96. The zero-order valence-corrected chi connectivity index (χ0v) is 9.85. The van der Waals surface area contributed by atoms with Gasteiger partial charge in [0.15, 0.2) is 6.61 Å². The Hall–Kier alpha value is -1.10. The summed E-state index contributed by atoms with van der Waals surface area (Å²) in [6.45, 7) is 8.43. The van der Waals surface area contributed by atoms with Crippen LogP contribution in [0.1, 0.15) is 27.7 Å². The Bertz CT molecular complexity index is 221. The first-order valence-corrected chi connectivity index (χ1v) is 4.96. The molecule has 0 fully saturated rings. The van der Waals surface area contributed by atoms with Gasteiger partial charge in [-0.25, -0.2) is 0 Å². The molecule has 0 aromatic rings. The van der Waals surface area contributed by atoms with E-state index in [-0.39, 0.29) is 18.1 Å². The van der Waals surface area contributed by atoms with E-state index in [1.807, 2.05) is 20.8 Å². The van der Waals surface area contributed by atoms with Crippen molar-refractivity contribution in [2.45, 2.75) is 33.2 Å². The summed E-state index contributed by atoms with van der Waals surface area (Å²) in [7, 11) is 0. The second-order valence-corrected chi connectivity index (χ2v) is 4.31. The fraction of sp³-hybridized carbons (Fsp3) is 0.800. The van der Waals surface area contributed by atoms with E-state index >= 15 is 0 Å². The second-order valence-electron chi connectivity index (χ2n) is 4.31. The van der Waals surface area contributed by atoms with Gasteiger partial charge >= 0.3 is 5.97 Å². The van der Waals surface area contributed by atoms with Crippen molar-refractivity contribution in [2.24, 2.45) is 0 Å². The second kappa shape index (κ2) is 6.40. The number of hydrogen-bond acceptors (Lipinski definition) is 4. The summed E-state index contributed by atoms with van der Waals surface area (Å²) in [5, 5.41) is 5.85. The quantitative estimate of drug-likeness (QED) is 0.503. The van der Waals surface area contributed by atoms with Crippen LogP contribution in [0.5, 0.6) is 0 Å². The normalized spacial score (nSPS) is 10.9. The lowest BCUT2D eigenvalue weighted by atomic mass is 10.1. The van der Waals surface area contributed by atoms with Crippen LogP contribution in [0.2, 0.25) is 0 Å². The van der Waals surface area contributed by atoms with E-state index in [0.29, 0.717) is 13.1 Å². The lowest BCUT2D eigenvalue weighted by Gasteiger charge is -2.20. The van der Waals surface area contributed by atoms with Crippen molar-refractivity contribution in [1.29, 1.82) is 0 Å². The maximum Gasteiger partial charge on any atom is 0.303 e. The highest BCUT2D eigenvalue weighted by atomic mass is 16.5. The third-order valence-electron chi connectivity index (χ3n) is 1.51. The van der Waals surface area contributed by atoms with Gasteiger partial charge in [-0.15, -0.1) is 0 Å². The molecule has 0 heterocycles. The standard InChI is InChI=1S/C10H20N2O3/c1-8(13)15-7-9(14)11-5-6-12-10(2,3)4/h12H,5-7H2,1-4H3,(H,11,14). The molecule has 2 N–H and O–H groups in total. The summed E-state index contributed by atoms with van der Waals surface area (Å²) < 4.78 is 4.53. The lowest BCUT2D eigenvalue weighted by Crippen LogP contribution is -2.42. The number of rotatable bonds is 5. The van der Waals surface area contributed by atoms with Crippen LogP contribution >= 0.6 is 0 Å². The molecule has 0 aliphatic carbocycles. The number of ether oxygens (including phenoxy) is 1. The fourth-order valence-corrected chi connectivity index (χ4v) is 0.858. The zero-order valence-electron chi connectivity index (χ0n) is 9.85. The molecule has 0 bridgehead atoms. The van der Waals surface area contributed by atoms with E-state index in [2.05, 4.69) is 15.4 Å². The maximum absolute atomic E-state index is 11.1. The Morgan fingerprint density at radius 2 is 1.80 bits per heavy atom. The van der Waals surface area contributed by atoms with Gasteiger partial charge in [0.1, 0.15) is 0 Å². The first kappa shape index (κ1) is 13.9. The number of nitrogens with one attached hydrogen (secondary N) is 2. The Morgan fingerprint density at radius 1 is 1.20 bits per heavy atom. The maximum atomic E-state index is 11.1. The highest BCUT2D eigenvalue weighted by molar-refractivity contribution is 5.79. The minimum atomic E-state index is -0.446. The number of carbonyl (C=O) groups excluding carboxylic acids is 2. The first-order valence-electron chi connectivity index (χ1n) is 4.96. The van der Waals surface area contributed by atoms with Gasteiger partial charge in [-0.2, -0.15) is 0 Å². The molecule has 0 aliphatic rings.